The number of carbonyl (C=O) groups excluding carboxylic acids is 2. The second kappa shape index (κ2) is 5.69. The normalized spacial score (nSPS) is 16.1. The zero-order valence-corrected chi connectivity index (χ0v) is 11.0. The van der Waals surface area contributed by atoms with E-state index in [1.807, 2.05) is 0 Å². The number of nitrogens with zero attached hydrogens (tertiary/aromatic N) is 3. The number of rotatable bonds is 1. The van der Waals surface area contributed by atoms with Crippen molar-refractivity contribution in [1.29, 1.82) is 0 Å². The van der Waals surface area contributed by atoms with E-state index in [-0.39, 0.29) is 11.8 Å². The Labute approximate surface area is 112 Å². The summed E-state index contributed by atoms with van der Waals surface area (Å²) >= 11 is 0. The van der Waals surface area contributed by atoms with Crippen LogP contribution in [0.25, 0.3) is 0 Å². The predicted molar refractivity (Wildman–Crippen MR) is 71.4 cm³/mol. The molecule has 0 bridgehead atoms. The Hall–Kier alpha value is -2.11. The Kier molecular flexibility index (Phi) is 3.99. The first-order chi connectivity index (χ1) is 9.08. The van der Waals surface area contributed by atoms with Crippen LogP contribution in [-0.2, 0) is 4.79 Å². The molecule has 6 heteroatoms. The number of amides is 2. The van der Waals surface area contributed by atoms with Gasteiger partial charge >= 0.3 is 0 Å². The molecule has 2 rings (SSSR count). The standard InChI is InChI=1S/C13H18N4O2/c1-10(18)16-5-2-6-17(8-7-16)13(19)12-4-3-11(14)9-15-12/h3-4,9H,2,5-8,14H2,1H3. The molecule has 0 aromatic carbocycles. The van der Waals surface area contributed by atoms with Crippen molar-refractivity contribution in [1.82, 2.24) is 14.8 Å². The number of nitrogen functional groups attached to an aromatic ring is 1. The molecule has 2 N–H and O–H groups in total. The van der Waals surface area contributed by atoms with E-state index in [1.165, 1.54) is 6.20 Å². The zero-order valence-electron chi connectivity index (χ0n) is 11.0. The molecule has 1 saturated heterocycles. The Bertz CT molecular complexity index is 472. The van der Waals surface area contributed by atoms with Crippen LogP contribution < -0.4 is 5.73 Å². The first-order valence-electron chi connectivity index (χ1n) is 6.34. The molecule has 1 aliphatic rings. The first kappa shape index (κ1) is 13.3. The molecule has 2 amide bonds. The van der Waals surface area contributed by atoms with Crippen molar-refractivity contribution in [3.63, 3.8) is 0 Å². The summed E-state index contributed by atoms with van der Waals surface area (Å²) in [6, 6.07) is 3.30. The third-order valence-electron chi connectivity index (χ3n) is 3.23. The van der Waals surface area contributed by atoms with E-state index in [1.54, 1.807) is 28.9 Å². The zero-order chi connectivity index (χ0) is 13.8. The van der Waals surface area contributed by atoms with Gasteiger partial charge in [0.1, 0.15) is 5.69 Å². The van der Waals surface area contributed by atoms with Crippen LogP contribution >= 0.6 is 0 Å². The van der Waals surface area contributed by atoms with Gasteiger partial charge in [-0.2, -0.15) is 0 Å². The van der Waals surface area contributed by atoms with Gasteiger partial charge in [0.2, 0.25) is 5.91 Å². The smallest absolute Gasteiger partial charge is 0.272 e. The minimum absolute atomic E-state index is 0.0555. The van der Waals surface area contributed by atoms with Gasteiger partial charge < -0.3 is 15.5 Å². The van der Waals surface area contributed by atoms with Gasteiger partial charge in [-0.3, -0.25) is 9.59 Å². The summed E-state index contributed by atoms with van der Waals surface area (Å²) < 4.78 is 0. The van der Waals surface area contributed by atoms with Crippen molar-refractivity contribution < 1.29 is 9.59 Å². The third kappa shape index (κ3) is 3.21. The van der Waals surface area contributed by atoms with Crippen LogP contribution in [0.3, 0.4) is 0 Å². The number of hydrogen-bond acceptors (Lipinski definition) is 4. The van der Waals surface area contributed by atoms with Gasteiger partial charge in [-0.1, -0.05) is 0 Å². The summed E-state index contributed by atoms with van der Waals surface area (Å²) in [5, 5.41) is 0. The average molecular weight is 262 g/mol. The lowest BCUT2D eigenvalue weighted by Gasteiger charge is -2.21. The fourth-order valence-electron chi connectivity index (χ4n) is 2.13. The van der Waals surface area contributed by atoms with Gasteiger partial charge in [0, 0.05) is 33.1 Å². The van der Waals surface area contributed by atoms with E-state index >= 15 is 0 Å². The number of pyridine rings is 1. The van der Waals surface area contributed by atoms with Crippen LogP contribution in [0.5, 0.6) is 0 Å². The molecule has 102 valence electrons. The topological polar surface area (TPSA) is 79.5 Å². The number of hydrogen-bond donors (Lipinski definition) is 1. The molecule has 2 heterocycles. The molecule has 6 nitrogen and oxygen atoms in total. The summed E-state index contributed by atoms with van der Waals surface area (Å²) in [5.41, 5.74) is 6.48. The summed E-state index contributed by atoms with van der Waals surface area (Å²) in [5.74, 6) is -0.0506. The highest BCUT2D eigenvalue weighted by Gasteiger charge is 2.21. The number of anilines is 1. The number of nitrogens with two attached hydrogens (primary N) is 1. The molecule has 1 fully saturated rings. The molecular weight excluding hydrogens is 244 g/mol. The molecule has 0 unspecified atom stereocenters. The average Bonchev–Trinajstić information content (AvgIpc) is 2.64. The van der Waals surface area contributed by atoms with Gasteiger partial charge in [-0.25, -0.2) is 4.98 Å². The number of aromatic nitrogens is 1. The quantitative estimate of drug-likeness (QED) is 0.792. The monoisotopic (exact) mass is 262 g/mol. The van der Waals surface area contributed by atoms with Crippen LogP contribution in [-0.4, -0.2) is 52.8 Å². The summed E-state index contributed by atoms with van der Waals surface area (Å²) in [6.45, 7) is 4.03. The van der Waals surface area contributed by atoms with E-state index < -0.39 is 0 Å². The van der Waals surface area contributed by atoms with Crippen molar-refractivity contribution in [3.8, 4) is 0 Å². The van der Waals surface area contributed by atoms with E-state index in [4.69, 9.17) is 5.73 Å². The van der Waals surface area contributed by atoms with Crippen molar-refractivity contribution in [2.75, 3.05) is 31.9 Å². The van der Waals surface area contributed by atoms with Gasteiger partial charge in [0.05, 0.1) is 11.9 Å². The van der Waals surface area contributed by atoms with Crippen LogP contribution in [0.4, 0.5) is 5.69 Å². The van der Waals surface area contributed by atoms with Gasteiger partial charge in [0.25, 0.3) is 5.91 Å². The predicted octanol–water partition coefficient (Wildman–Crippen LogP) is 0.358. The molecule has 0 radical (unpaired) electrons. The van der Waals surface area contributed by atoms with E-state index in [0.717, 1.165) is 6.42 Å². The Morgan fingerprint density at radius 1 is 1.16 bits per heavy atom. The fraction of sp³-hybridized carbons (Fsp3) is 0.462. The van der Waals surface area contributed by atoms with Gasteiger partial charge in [-0.05, 0) is 18.6 Å². The molecule has 1 aromatic rings. The maximum absolute atomic E-state index is 12.3. The lowest BCUT2D eigenvalue weighted by Crippen LogP contribution is -2.36. The second-order valence-electron chi connectivity index (χ2n) is 4.63. The minimum Gasteiger partial charge on any atom is -0.397 e. The van der Waals surface area contributed by atoms with Crippen LogP contribution in [0.15, 0.2) is 18.3 Å². The highest BCUT2D eigenvalue weighted by atomic mass is 16.2. The van der Waals surface area contributed by atoms with Crippen LogP contribution in [0, 0.1) is 0 Å². The van der Waals surface area contributed by atoms with E-state index in [9.17, 15) is 9.59 Å². The summed E-state index contributed by atoms with van der Waals surface area (Å²) in [6.07, 6.45) is 2.27. The van der Waals surface area contributed by atoms with Crippen LogP contribution in [0.2, 0.25) is 0 Å². The summed E-state index contributed by atoms with van der Waals surface area (Å²) in [4.78, 5) is 31.1. The Morgan fingerprint density at radius 3 is 2.47 bits per heavy atom. The minimum atomic E-state index is -0.106. The van der Waals surface area contributed by atoms with Crippen molar-refractivity contribution in [3.05, 3.63) is 24.0 Å². The first-order valence-corrected chi connectivity index (χ1v) is 6.34. The largest absolute Gasteiger partial charge is 0.397 e. The lowest BCUT2D eigenvalue weighted by atomic mass is 10.3. The number of carbonyl (C=O) groups is 2. The van der Waals surface area contributed by atoms with Gasteiger partial charge in [0.15, 0.2) is 0 Å². The molecule has 0 atom stereocenters. The van der Waals surface area contributed by atoms with Gasteiger partial charge in [-0.15, -0.1) is 0 Å². The highest BCUT2D eigenvalue weighted by Crippen LogP contribution is 2.09. The fourth-order valence-corrected chi connectivity index (χ4v) is 2.13. The van der Waals surface area contributed by atoms with E-state index in [2.05, 4.69) is 4.98 Å². The highest BCUT2D eigenvalue weighted by molar-refractivity contribution is 5.92. The Balaban J connectivity index is 2.03. The molecule has 1 aromatic heterocycles. The van der Waals surface area contributed by atoms with E-state index in [0.29, 0.717) is 37.6 Å². The maximum Gasteiger partial charge on any atom is 0.272 e. The molecular formula is C13H18N4O2. The molecule has 19 heavy (non-hydrogen) atoms. The van der Waals surface area contributed by atoms with Crippen molar-refractivity contribution in [2.45, 2.75) is 13.3 Å². The molecule has 0 spiro atoms. The van der Waals surface area contributed by atoms with Crippen molar-refractivity contribution in [2.24, 2.45) is 0 Å². The molecule has 0 aliphatic carbocycles. The summed E-state index contributed by atoms with van der Waals surface area (Å²) in [7, 11) is 0. The van der Waals surface area contributed by atoms with Crippen molar-refractivity contribution >= 4 is 17.5 Å². The third-order valence-corrected chi connectivity index (χ3v) is 3.23. The Morgan fingerprint density at radius 2 is 1.84 bits per heavy atom. The lowest BCUT2D eigenvalue weighted by molar-refractivity contribution is -0.128. The molecule has 0 saturated carbocycles. The molecule has 1 aliphatic heterocycles. The SMILES string of the molecule is CC(=O)N1CCCN(C(=O)c2ccc(N)cn2)CC1. The maximum atomic E-state index is 12.3. The van der Waals surface area contributed by atoms with Crippen LogP contribution in [0.1, 0.15) is 23.8 Å². The second-order valence-corrected chi connectivity index (χ2v) is 4.63.